The Bertz CT molecular complexity index is 813. The number of fused-ring (bicyclic) bond motifs is 1. The third-order valence-electron chi connectivity index (χ3n) is 5.54. The minimum atomic E-state index is -0.994. The molecule has 0 bridgehead atoms. The van der Waals surface area contributed by atoms with Gasteiger partial charge in [-0.3, -0.25) is 19.3 Å². The molecule has 3 atom stereocenters. The molecule has 6 heteroatoms. The maximum absolute atomic E-state index is 12.9. The molecule has 0 radical (unpaired) electrons. The summed E-state index contributed by atoms with van der Waals surface area (Å²) in [5, 5.41) is 0. The minimum absolute atomic E-state index is 0.0710. The first-order valence-electron chi connectivity index (χ1n) is 10.1. The highest BCUT2D eigenvalue weighted by Gasteiger charge is 2.51. The number of allylic oxidation sites excluding steroid dienone is 2. The van der Waals surface area contributed by atoms with Gasteiger partial charge in [0, 0.05) is 5.56 Å². The summed E-state index contributed by atoms with van der Waals surface area (Å²) in [4.78, 5) is 52.0. The van der Waals surface area contributed by atoms with Gasteiger partial charge in [0.05, 0.1) is 11.8 Å². The second kappa shape index (κ2) is 8.72. The molecule has 0 spiro atoms. The van der Waals surface area contributed by atoms with Gasteiger partial charge in [-0.05, 0) is 32.1 Å². The summed E-state index contributed by atoms with van der Waals surface area (Å²) in [6, 6.07) is 6.00. The fraction of sp³-hybridized carbons (Fsp3) is 0.478. The van der Waals surface area contributed by atoms with Gasteiger partial charge in [0.25, 0.3) is 0 Å². The number of nitrogens with zero attached hydrogens (tertiary/aromatic N) is 1. The number of ketones is 1. The van der Waals surface area contributed by atoms with Gasteiger partial charge in [0.2, 0.25) is 11.8 Å². The van der Waals surface area contributed by atoms with Crippen LogP contribution in [0.15, 0.2) is 36.4 Å². The van der Waals surface area contributed by atoms with Crippen molar-refractivity contribution >= 4 is 23.6 Å². The summed E-state index contributed by atoms with van der Waals surface area (Å²) in [6.45, 7) is 5.33. The van der Waals surface area contributed by atoms with Crippen molar-refractivity contribution in [3.05, 3.63) is 47.5 Å². The predicted molar refractivity (Wildman–Crippen MR) is 107 cm³/mol. The average Bonchev–Trinajstić information content (AvgIpc) is 2.95. The normalized spacial score (nSPS) is 22.0. The monoisotopic (exact) mass is 397 g/mol. The van der Waals surface area contributed by atoms with E-state index in [1.165, 1.54) is 0 Å². The lowest BCUT2D eigenvalue weighted by molar-refractivity contribution is -0.158. The number of Topliss-reactive ketones (excluding diaryl/α,β-unsaturated/α-hetero) is 1. The van der Waals surface area contributed by atoms with E-state index in [1.807, 2.05) is 45.1 Å². The summed E-state index contributed by atoms with van der Waals surface area (Å²) in [5.41, 5.74) is 1.48. The van der Waals surface area contributed by atoms with Crippen molar-refractivity contribution in [2.75, 3.05) is 6.61 Å². The Morgan fingerprint density at radius 2 is 1.59 bits per heavy atom. The first-order chi connectivity index (χ1) is 13.8. The number of ether oxygens (including phenoxy) is 1. The number of amides is 2. The SMILES string of the molecule is Cc1ccc(C(=O)COC(=O)[C@H](CC(C)C)N2C(=O)[C@H]3CC=CC[C@H]3C2=O)cc1. The maximum atomic E-state index is 12.9. The van der Waals surface area contributed by atoms with Crippen LogP contribution >= 0.6 is 0 Å². The van der Waals surface area contributed by atoms with Gasteiger partial charge in [-0.15, -0.1) is 0 Å². The fourth-order valence-electron chi connectivity index (χ4n) is 3.94. The summed E-state index contributed by atoms with van der Waals surface area (Å²) >= 11 is 0. The lowest BCUT2D eigenvalue weighted by Gasteiger charge is -2.26. The molecule has 1 fully saturated rings. The summed E-state index contributed by atoms with van der Waals surface area (Å²) in [6.07, 6.45) is 5.15. The molecule has 1 saturated heterocycles. The van der Waals surface area contributed by atoms with Crippen LogP contribution in [0, 0.1) is 24.7 Å². The van der Waals surface area contributed by atoms with Crippen molar-refractivity contribution in [2.24, 2.45) is 17.8 Å². The van der Waals surface area contributed by atoms with Crippen molar-refractivity contribution < 1.29 is 23.9 Å². The number of hydrogen-bond donors (Lipinski definition) is 0. The molecule has 2 aliphatic rings. The Hall–Kier alpha value is -2.76. The standard InChI is InChI=1S/C23H27NO5/c1-14(2)12-19(24-21(26)17-6-4-5-7-18(17)22(24)27)23(28)29-13-20(25)16-10-8-15(3)9-11-16/h4-5,8-11,14,17-19H,6-7,12-13H2,1-3H3/t17-,18+,19-/m0/s1. The van der Waals surface area contributed by atoms with Gasteiger partial charge in [-0.2, -0.15) is 0 Å². The van der Waals surface area contributed by atoms with Gasteiger partial charge in [-0.25, -0.2) is 4.79 Å². The van der Waals surface area contributed by atoms with Crippen LogP contribution in [0.2, 0.25) is 0 Å². The quantitative estimate of drug-likeness (QED) is 0.306. The molecule has 6 nitrogen and oxygen atoms in total. The average molecular weight is 397 g/mol. The van der Waals surface area contributed by atoms with E-state index in [0.29, 0.717) is 24.8 Å². The van der Waals surface area contributed by atoms with Crippen molar-refractivity contribution in [1.82, 2.24) is 4.90 Å². The lowest BCUT2D eigenvalue weighted by atomic mass is 9.85. The molecule has 1 aliphatic carbocycles. The van der Waals surface area contributed by atoms with Crippen molar-refractivity contribution in [3.63, 3.8) is 0 Å². The molecular formula is C23H27NO5. The predicted octanol–water partition coefficient (Wildman–Crippen LogP) is 3.09. The summed E-state index contributed by atoms with van der Waals surface area (Å²) < 4.78 is 5.26. The molecule has 1 aliphatic heterocycles. The van der Waals surface area contributed by atoms with Gasteiger partial charge < -0.3 is 4.74 Å². The molecule has 0 N–H and O–H groups in total. The Labute approximate surface area is 170 Å². The van der Waals surface area contributed by atoms with E-state index in [1.54, 1.807) is 12.1 Å². The Kier molecular flexibility index (Phi) is 6.30. The minimum Gasteiger partial charge on any atom is -0.456 e. The number of carbonyl (C=O) groups excluding carboxylic acids is 4. The van der Waals surface area contributed by atoms with Gasteiger partial charge >= 0.3 is 5.97 Å². The van der Waals surface area contributed by atoms with E-state index in [9.17, 15) is 19.2 Å². The van der Waals surface area contributed by atoms with Crippen molar-refractivity contribution in [3.8, 4) is 0 Å². The number of esters is 1. The molecule has 0 unspecified atom stereocenters. The number of hydrogen-bond acceptors (Lipinski definition) is 5. The van der Waals surface area contributed by atoms with Gasteiger partial charge in [0.1, 0.15) is 6.04 Å². The van der Waals surface area contributed by atoms with Crippen LogP contribution in [0.5, 0.6) is 0 Å². The zero-order valence-electron chi connectivity index (χ0n) is 17.1. The molecular weight excluding hydrogens is 370 g/mol. The Morgan fingerprint density at radius 1 is 1.03 bits per heavy atom. The summed E-state index contributed by atoms with van der Waals surface area (Å²) in [5.74, 6) is -2.37. The van der Waals surface area contributed by atoms with Crippen LogP contribution in [-0.2, 0) is 19.1 Å². The maximum Gasteiger partial charge on any atom is 0.329 e. The van der Waals surface area contributed by atoms with Crippen LogP contribution in [0.25, 0.3) is 0 Å². The smallest absolute Gasteiger partial charge is 0.329 e. The van der Waals surface area contributed by atoms with Crippen molar-refractivity contribution in [1.29, 1.82) is 0 Å². The van der Waals surface area contributed by atoms with E-state index in [2.05, 4.69) is 0 Å². The molecule has 154 valence electrons. The third-order valence-corrected chi connectivity index (χ3v) is 5.54. The zero-order chi connectivity index (χ0) is 21.1. The zero-order valence-corrected chi connectivity index (χ0v) is 17.1. The topological polar surface area (TPSA) is 80.8 Å². The first kappa shape index (κ1) is 21.0. The van der Waals surface area contributed by atoms with Crippen LogP contribution < -0.4 is 0 Å². The van der Waals surface area contributed by atoms with Crippen LogP contribution in [0.4, 0.5) is 0 Å². The van der Waals surface area contributed by atoms with E-state index >= 15 is 0 Å². The van der Waals surface area contributed by atoms with Crippen LogP contribution in [-0.4, -0.2) is 41.1 Å². The Balaban J connectivity index is 1.72. The van der Waals surface area contributed by atoms with E-state index in [-0.39, 0.29) is 23.5 Å². The molecule has 0 aromatic heterocycles. The largest absolute Gasteiger partial charge is 0.456 e. The number of carbonyl (C=O) groups is 4. The molecule has 3 rings (SSSR count). The Morgan fingerprint density at radius 3 is 2.10 bits per heavy atom. The number of imide groups is 1. The highest BCUT2D eigenvalue weighted by molar-refractivity contribution is 6.08. The highest BCUT2D eigenvalue weighted by atomic mass is 16.5. The van der Waals surface area contributed by atoms with E-state index < -0.39 is 30.5 Å². The van der Waals surface area contributed by atoms with Gasteiger partial charge in [0.15, 0.2) is 12.4 Å². The summed E-state index contributed by atoms with van der Waals surface area (Å²) in [7, 11) is 0. The van der Waals surface area contributed by atoms with Crippen molar-refractivity contribution in [2.45, 2.75) is 46.1 Å². The molecule has 29 heavy (non-hydrogen) atoms. The number of likely N-dealkylation sites (tertiary alicyclic amines) is 1. The molecule has 1 heterocycles. The third kappa shape index (κ3) is 4.47. The second-order valence-corrected chi connectivity index (χ2v) is 8.24. The number of aryl methyl sites for hydroxylation is 1. The van der Waals surface area contributed by atoms with E-state index in [0.717, 1.165) is 10.5 Å². The number of rotatable bonds is 7. The molecule has 1 aromatic rings. The van der Waals surface area contributed by atoms with Gasteiger partial charge in [-0.1, -0.05) is 55.8 Å². The highest BCUT2D eigenvalue weighted by Crippen LogP contribution is 2.37. The second-order valence-electron chi connectivity index (χ2n) is 8.24. The van der Waals surface area contributed by atoms with E-state index in [4.69, 9.17) is 4.74 Å². The molecule has 0 saturated carbocycles. The lowest BCUT2D eigenvalue weighted by Crippen LogP contribution is -2.47. The molecule has 1 aromatic carbocycles. The first-order valence-corrected chi connectivity index (χ1v) is 10.1. The fourth-order valence-corrected chi connectivity index (χ4v) is 3.94. The van der Waals surface area contributed by atoms with Crippen LogP contribution in [0.1, 0.15) is 49.0 Å². The number of benzene rings is 1. The van der Waals surface area contributed by atoms with Crippen LogP contribution in [0.3, 0.4) is 0 Å². The molecule has 2 amide bonds.